The summed E-state index contributed by atoms with van der Waals surface area (Å²) in [5.41, 5.74) is 4.59. The summed E-state index contributed by atoms with van der Waals surface area (Å²) in [6, 6.07) is 19.9. The van der Waals surface area contributed by atoms with Crippen molar-refractivity contribution in [2.24, 2.45) is 0 Å². The minimum absolute atomic E-state index is 0.0156. The minimum atomic E-state index is -0.524. The maximum absolute atomic E-state index is 14.1. The van der Waals surface area contributed by atoms with E-state index in [2.05, 4.69) is 15.9 Å². The number of benzene rings is 3. The summed E-state index contributed by atoms with van der Waals surface area (Å²) in [5.74, 6) is -0.242. The fraction of sp³-hybridized carbons (Fsp3) is 0.355. The van der Waals surface area contributed by atoms with Gasteiger partial charge in [-0.15, -0.1) is 0 Å². The lowest BCUT2D eigenvalue weighted by Crippen LogP contribution is -2.36. The second-order valence-corrected chi connectivity index (χ2v) is 10.3. The predicted octanol–water partition coefficient (Wildman–Crippen LogP) is 6.63. The van der Waals surface area contributed by atoms with Gasteiger partial charge >= 0.3 is 0 Å². The van der Waals surface area contributed by atoms with Gasteiger partial charge in [0.1, 0.15) is 0 Å². The molecule has 0 aliphatic carbocycles. The zero-order valence-electron chi connectivity index (χ0n) is 22.2. The van der Waals surface area contributed by atoms with E-state index in [9.17, 15) is 9.59 Å². The van der Waals surface area contributed by atoms with Crippen LogP contribution in [0.1, 0.15) is 62.1 Å². The normalized spacial score (nSPS) is 18.3. The summed E-state index contributed by atoms with van der Waals surface area (Å²) >= 11 is 3.70. The lowest BCUT2D eigenvalue weighted by atomic mass is 9.72. The number of ether oxygens (including phenoxy) is 2. The van der Waals surface area contributed by atoms with Crippen molar-refractivity contribution in [1.82, 2.24) is 0 Å². The van der Waals surface area contributed by atoms with Crippen molar-refractivity contribution in [2.45, 2.75) is 45.4 Å². The molecule has 3 aromatic rings. The lowest BCUT2D eigenvalue weighted by Gasteiger charge is -2.30. The van der Waals surface area contributed by atoms with Gasteiger partial charge in [0.2, 0.25) is 11.8 Å². The molecule has 0 radical (unpaired) electrons. The lowest BCUT2D eigenvalue weighted by molar-refractivity contribution is -0.121. The number of fused-ring (bicyclic) bond motifs is 2. The summed E-state index contributed by atoms with van der Waals surface area (Å²) in [6.07, 6.45) is 0. The second kappa shape index (κ2) is 10.8. The van der Waals surface area contributed by atoms with Gasteiger partial charge in [-0.2, -0.15) is 0 Å². The molecule has 0 aromatic heterocycles. The van der Waals surface area contributed by atoms with Gasteiger partial charge in [-0.3, -0.25) is 9.59 Å². The molecule has 0 N–H and O–H groups in total. The highest BCUT2D eigenvalue weighted by atomic mass is 79.9. The number of anilines is 2. The van der Waals surface area contributed by atoms with Crippen LogP contribution in [0, 0.1) is 0 Å². The number of halogens is 1. The summed E-state index contributed by atoms with van der Waals surface area (Å²) in [6.45, 7) is 9.91. The van der Waals surface area contributed by atoms with E-state index in [1.807, 2.05) is 98.2 Å². The van der Waals surface area contributed by atoms with E-state index in [0.29, 0.717) is 37.8 Å². The minimum Gasteiger partial charge on any atom is -0.490 e. The highest BCUT2D eigenvalue weighted by Crippen LogP contribution is 2.55. The number of para-hydroxylation sites is 2. The van der Waals surface area contributed by atoms with Gasteiger partial charge in [-0.1, -0.05) is 36.4 Å². The average Bonchev–Trinajstić information content (AvgIpc) is 3.36. The Hall–Kier alpha value is -3.32. The van der Waals surface area contributed by atoms with Crippen molar-refractivity contribution in [1.29, 1.82) is 0 Å². The third-order valence-corrected chi connectivity index (χ3v) is 8.13. The van der Waals surface area contributed by atoms with E-state index in [1.165, 1.54) is 0 Å². The largest absolute Gasteiger partial charge is 0.490 e. The maximum atomic E-state index is 14.1. The SMILES string of the molecule is CCOc1cc(C([C@@H]2C(=O)N(CC)c3ccccc32)[C@@H]2C(=O)N(CC)c3ccccc32)cc(Br)c1OCC. The van der Waals surface area contributed by atoms with Gasteiger partial charge < -0.3 is 19.3 Å². The molecule has 0 fully saturated rings. The van der Waals surface area contributed by atoms with E-state index in [-0.39, 0.29) is 11.8 Å². The highest BCUT2D eigenvalue weighted by Gasteiger charge is 2.51. The Morgan fingerprint density at radius 1 is 0.763 bits per heavy atom. The molecule has 2 aliphatic heterocycles. The molecule has 2 atom stereocenters. The van der Waals surface area contributed by atoms with Gasteiger partial charge in [-0.25, -0.2) is 0 Å². The first kappa shape index (κ1) is 26.3. The third kappa shape index (κ3) is 4.17. The van der Waals surface area contributed by atoms with Gasteiger partial charge in [0.25, 0.3) is 0 Å². The summed E-state index contributed by atoms with van der Waals surface area (Å²) in [7, 11) is 0. The maximum Gasteiger partial charge on any atom is 0.235 e. The molecule has 38 heavy (non-hydrogen) atoms. The standard InChI is InChI=1S/C31H33BrN2O4/c1-5-33-23-15-11-9-13-20(23)27(30(33)35)26(19-17-22(32)29(38-8-4)25(18-19)37-7-3)28-21-14-10-12-16-24(21)34(6-2)31(28)36/h9-18,26-28H,5-8H2,1-4H3/t27-,28-/m1/s1. The van der Waals surface area contributed by atoms with Gasteiger partial charge in [0.15, 0.2) is 11.5 Å². The molecule has 6 nitrogen and oxygen atoms in total. The molecule has 0 unspecified atom stereocenters. The molecule has 7 heteroatoms. The first-order valence-electron chi connectivity index (χ1n) is 13.4. The molecule has 0 saturated carbocycles. The topological polar surface area (TPSA) is 59.1 Å². The van der Waals surface area contributed by atoms with Crippen LogP contribution in [0.3, 0.4) is 0 Å². The summed E-state index contributed by atoms with van der Waals surface area (Å²) in [5, 5.41) is 0. The molecule has 2 amide bonds. The predicted molar refractivity (Wildman–Crippen MR) is 154 cm³/mol. The molecule has 2 heterocycles. The van der Waals surface area contributed by atoms with Crippen molar-refractivity contribution >= 4 is 39.1 Å². The first-order chi connectivity index (χ1) is 18.5. The molecule has 3 aromatic carbocycles. The van der Waals surface area contributed by atoms with Gasteiger partial charge in [0, 0.05) is 30.4 Å². The van der Waals surface area contributed by atoms with E-state index < -0.39 is 17.8 Å². The van der Waals surface area contributed by atoms with E-state index in [1.54, 1.807) is 0 Å². The van der Waals surface area contributed by atoms with Crippen molar-refractivity contribution in [2.75, 3.05) is 36.1 Å². The Morgan fingerprint density at radius 2 is 1.26 bits per heavy atom. The molecular formula is C31H33BrN2O4. The molecule has 198 valence electrons. The van der Waals surface area contributed by atoms with Crippen LogP contribution in [0.15, 0.2) is 65.1 Å². The van der Waals surface area contributed by atoms with Crippen LogP contribution in [-0.4, -0.2) is 38.1 Å². The summed E-state index contributed by atoms with van der Waals surface area (Å²) in [4.78, 5) is 31.9. The van der Waals surface area contributed by atoms with E-state index in [4.69, 9.17) is 9.47 Å². The van der Waals surface area contributed by atoms with Crippen LogP contribution in [0.2, 0.25) is 0 Å². The van der Waals surface area contributed by atoms with E-state index >= 15 is 0 Å². The number of likely N-dealkylation sites (N-methyl/N-ethyl adjacent to an activating group) is 2. The van der Waals surface area contributed by atoms with Crippen LogP contribution < -0.4 is 19.3 Å². The van der Waals surface area contributed by atoms with Gasteiger partial charge in [-0.05, 0) is 84.6 Å². The quantitative estimate of drug-likeness (QED) is 0.287. The van der Waals surface area contributed by atoms with E-state index in [0.717, 1.165) is 32.5 Å². The monoisotopic (exact) mass is 576 g/mol. The molecule has 2 aliphatic rings. The third-order valence-electron chi connectivity index (χ3n) is 7.55. The summed E-state index contributed by atoms with van der Waals surface area (Å²) < 4.78 is 12.7. The van der Waals surface area contributed by atoms with Crippen molar-refractivity contribution in [3.8, 4) is 11.5 Å². The molecular weight excluding hydrogens is 544 g/mol. The van der Waals surface area contributed by atoms with Crippen LogP contribution in [0.25, 0.3) is 0 Å². The van der Waals surface area contributed by atoms with Gasteiger partial charge in [0.05, 0.1) is 29.5 Å². The average molecular weight is 578 g/mol. The van der Waals surface area contributed by atoms with Crippen molar-refractivity contribution < 1.29 is 19.1 Å². The fourth-order valence-corrected chi connectivity index (χ4v) is 6.66. The Bertz CT molecular complexity index is 1300. The number of amides is 2. The van der Waals surface area contributed by atoms with Crippen LogP contribution in [-0.2, 0) is 9.59 Å². The zero-order valence-corrected chi connectivity index (χ0v) is 23.8. The fourth-order valence-electron chi connectivity index (χ4n) is 6.08. The van der Waals surface area contributed by atoms with Crippen LogP contribution in [0.4, 0.5) is 11.4 Å². The first-order valence-corrected chi connectivity index (χ1v) is 14.2. The second-order valence-electron chi connectivity index (χ2n) is 9.46. The Morgan fingerprint density at radius 3 is 1.74 bits per heavy atom. The molecule has 0 spiro atoms. The van der Waals surface area contributed by atoms with Crippen LogP contribution >= 0.6 is 15.9 Å². The number of carbonyl (C=O) groups excluding carboxylic acids is 2. The molecule has 5 rings (SSSR count). The Kier molecular flexibility index (Phi) is 7.48. The smallest absolute Gasteiger partial charge is 0.235 e. The Balaban J connectivity index is 1.77. The Labute approximate surface area is 232 Å². The highest BCUT2D eigenvalue weighted by molar-refractivity contribution is 9.10. The number of nitrogens with zero attached hydrogens (tertiary/aromatic N) is 2. The number of hydrogen-bond donors (Lipinski definition) is 0. The number of rotatable bonds is 9. The van der Waals surface area contributed by atoms with Crippen LogP contribution in [0.5, 0.6) is 11.5 Å². The van der Waals surface area contributed by atoms with Crippen molar-refractivity contribution in [3.05, 3.63) is 81.8 Å². The van der Waals surface area contributed by atoms with Crippen molar-refractivity contribution in [3.63, 3.8) is 0 Å². The molecule has 0 bridgehead atoms. The zero-order chi connectivity index (χ0) is 27.0. The number of carbonyl (C=O) groups is 2. The number of hydrogen-bond acceptors (Lipinski definition) is 4. The molecule has 0 saturated heterocycles.